The summed E-state index contributed by atoms with van der Waals surface area (Å²) in [6.07, 6.45) is 1.59. The fraction of sp³-hybridized carbons (Fsp3) is 0.111. The molecule has 2 aromatic rings. The maximum Gasteiger partial charge on any atom is 0.329 e. The van der Waals surface area contributed by atoms with Crippen LogP contribution in [0.25, 0.3) is 6.08 Å². The van der Waals surface area contributed by atoms with Gasteiger partial charge in [-0.05, 0) is 57.4 Å². The maximum atomic E-state index is 13.0. The number of amides is 3. The Labute approximate surface area is 152 Å². The van der Waals surface area contributed by atoms with Crippen molar-refractivity contribution < 1.29 is 18.7 Å². The number of methoxy groups -OCH3 is 1. The quantitative estimate of drug-likeness (QED) is 0.624. The van der Waals surface area contributed by atoms with Crippen molar-refractivity contribution in [3.63, 3.8) is 0 Å². The lowest BCUT2D eigenvalue weighted by Crippen LogP contribution is -2.30. The molecule has 1 aliphatic rings. The first-order valence-electron chi connectivity index (χ1n) is 7.40. The van der Waals surface area contributed by atoms with Gasteiger partial charge in [-0.2, -0.15) is 0 Å². The van der Waals surface area contributed by atoms with Crippen LogP contribution in [0, 0.1) is 5.82 Å². The molecule has 1 saturated heterocycles. The zero-order chi connectivity index (χ0) is 18.0. The fourth-order valence-electron chi connectivity index (χ4n) is 2.43. The van der Waals surface area contributed by atoms with E-state index in [-0.39, 0.29) is 18.1 Å². The SMILES string of the molecule is COc1ccc(C=C2NC(=O)N(Cc3ccc(F)cc3)C2=O)cc1Br. The van der Waals surface area contributed by atoms with Crippen LogP contribution in [0.1, 0.15) is 11.1 Å². The Kier molecular flexibility index (Phi) is 4.85. The Bertz CT molecular complexity index is 865. The smallest absolute Gasteiger partial charge is 0.329 e. The molecule has 2 aromatic carbocycles. The third-order valence-electron chi connectivity index (χ3n) is 3.70. The molecule has 5 nitrogen and oxygen atoms in total. The number of hydrogen-bond donors (Lipinski definition) is 1. The minimum absolute atomic E-state index is 0.0780. The average Bonchev–Trinajstić information content (AvgIpc) is 2.84. The van der Waals surface area contributed by atoms with E-state index in [1.807, 2.05) is 0 Å². The summed E-state index contributed by atoms with van der Waals surface area (Å²) in [7, 11) is 1.56. The van der Waals surface area contributed by atoms with Gasteiger partial charge in [0.2, 0.25) is 0 Å². The Morgan fingerprint density at radius 1 is 1.20 bits per heavy atom. The zero-order valence-corrected chi connectivity index (χ0v) is 14.8. The lowest BCUT2D eigenvalue weighted by atomic mass is 10.1. The third-order valence-corrected chi connectivity index (χ3v) is 4.32. The van der Waals surface area contributed by atoms with Gasteiger partial charge in [-0.15, -0.1) is 0 Å². The van der Waals surface area contributed by atoms with E-state index in [1.165, 1.54) is 24.3 Å². The Hall–Kier alpha value is -2.67. The number of nitrogens with zero attached hydrogens (tertiary/aromatic N) is 1. The predicted molar refractivity (Wildman–Crippen MR) is 94.2 cm³/mol. The van der Waals surface area contributed by atoms with E-state index in [0.29, 0.717) is 11.3 Å². The molecule has 1 heterocycles. The molecule has 0 aliphatic carbocycles. The van der Waals surface area contributed by atoms with Crippen LogP contribution in [-0.4, -0.2) is 23.9 Å². The number of imide groups is 1. The first-order chi connectivity index (χ1) is 12.0. The van der Waals surface area contributed by atoms with Gasteiger partial charge >= 0.3 is 6.03 Å². The van der Waals surface area contributed by atoms with E-state index in [2.05, 4.69) is 21.2 Å². The van der Waals surface area contributed by atoms with Crippen LogP contribution in [-0.2, 0) is 11.3 Å². The lowest BCUT2D eigenvalue weighted by Gasteiger charge is -2.11. The van der Waals surface area contributed by atoms with E-state index in [0.717, 1.165) is 14.9 Å². The number of carbonyl (C=O) groups excluding carboxylic acids is 2. The summed E-state index contributed by atoms with van der Waals surface area (Å²) in [4.78, 5) is 25.6. The van der Waals surface area contributed by atoms with Gasteiger partial charge in [0.15, 0.2) is 0 Å². The minimum atomic E-state index is -0.506. The molecule has 1 N–H and O–H groups in total. The summed E-state index contributed by atoms with van der Waals surface area (Å²) in [6.45, 7) is 0.0780. The first-order valence-corrected chi connectivity index (χ1v) is 8.20. The van der Waals surface area contributed by atoms with E-state index < -0.39 is 11.9 Å². The van der Waals surface area contributed by atoms with Crippen molar-refractivity contribution in [1.29, 1.82) is 0 Å². The highest BCUT2D eigenvalue weighted by molar-refractivity contribution is 9.10. The van der Waals surface area contributed by atoms with E-state index in [4.69, 9.17) is 4.74 Å². The average molecular weight is 405 g/mol. The number of ether oxygens (including phenoxy) is 1. The van der Waals surface area contributed by atoms with Crippen molar-refractivity contribution in [2.24, 2.45) is 0 Å². The molecule has 7 heteroatoms. The molecule has 0 atom stereocenters. The van der Waals surface area contributed by atoms with Crippen molar-refractivity contribution in [1.82, 2.24) is 10.2 Å². The maximum absolute atomic E-state index is 13.0. The Balaban J connectivity index is 1.80. The molecular formula is C18H14BrFN2O3. The highest BCUT2D eigenvalue weighted by Gasteiger charge is 2.33. The molecule has 1 aliphatic heterocycles. The molecule has 3 amide bonds. The topological polar surface area (TPSA) is 58.6 Å². The van der Waals surface area contributed by atoms with E-state index in [9.17, 15) is 14.0 Å². The van der Waals surface area contributed by atoms with Gasteiger partial charge < -0.3 is 10.1 Å². The summed E-state index contributed by atoms with van der Waals surface area (Å²) >= 11 is 3.38. The van der Waals surface area contributed by atoms with Gasteiger partial charge in [0, 0.05) is 0 Å². The number of rotatable bonds is 4. The van der Waals surface area contributed by atoms with Gasteiger partial charge in [0.05, 0.1) is 18.1 Å². The standard InChI is InChI=1S/C18H14BrFN2O3/c1-25-16-7-4-12(8-14(16)19)9-15-17(23)22(18(24)21-15)10-11-2-5-13(20)6-3-11/h2-9H,10H2,1H3,(H,21,24). The summed E-state index contributed by atoms with van der Waals surface area (Å²) in [6, 6.07) is 10.5. The van der Waals surface area contributed by atoms with Crippen molar-refractivity contribution in [2.45, 2.75) is 6.54 Å². The highest BCUT2D eigenvalue weighted by atomic mass is 79.9. The molecule has 25 heavy (non-hydrogen) atoms. The monoisotopic (exact) mass is 404 g/mol. The van der Waals surface area contributed by atoms with Crippen LogP contribution >= 0.6 is 15.9 Å². The first kappa shape index (κ1) is 17.2. The summed E-state index contributed by atoms with van der Waals surface area (Å²) in [5, 5.41) is 2.56. The van der Waals surface area contributed by atoms with Crippen LogP contribution in [0.4, 0.5) is 9.18 Å². The second-order valence-corrected chi connectivity index (χ2v) is 6.25. The molecule has 0 spiro atoms. The van der Waals surface area contributed by atoms with Crippen LogP contribution in [0.3, 0.4) is 0 Å². The normalized spacial score (nSPS) is 15.6. The van der Waals surface area contributed by atoms with Gasteiger partial charge in [-0.3, -0.25) is 9.69 Å². The molecule has 0 aromatic heterocycles. The van der Waals surface area contributed by atoms with Gasteiger partial charge in [-0.25, -0.2) is 9.18 Å². The second-order valence-electron chi connectivity index (χ2n) is 5.40. The predicted octanol–water partition coefficient (Wildman–Crippen LogP) is 3.69. The number of urea groups is 1. The number of halogens is 2. The lowest BCUT2D eigenvalue weighted by molar-refractivity contribution is -0.123. The van der Waals surface area contributed by atoms with Crippen molar-refractivity contribution in [2.75, 3.05) is 7.11 Å². The van der Waals surface area contributed by atoms with Gasteiger partial charge in [0.1, 0.15) is 17.3 Å². The molecule has 3 rings (SSSR count). The van der Waals surface area contributed by atoms with Crippen molar-refractivity contribution in [3.05, 3.63) is 69.6 Å². The van der Waals surface area contributed by atoms with Gasteiger partial charge in [0.25, 0.3) is 5.91 Å². The van der Waals surface area contributed by atoms with Gasteiger partial charge in [-0.1, -0.05) is 18.2 Å². The Morgan fingerprint density at radius 3 is 2.56 bits per heavy atom. The third kappa shape index (κ3) is 3.71. The van der Waals surface area contributed by atoms with Crippen molar-refractivity contribution >= 4 is 33.9 Å². The largest absolute Gasteiger partial charge is 0.496 e. The minimum Gasteiger partial charge on any atom is -0.496 e. The molecule has 0 unspecified atom stereocenters. The zero-order valence-electron chi connectivity index (χ0n) is 13.3. The molecular weight excluding hydrogens is 391 g/mol. The molecule has 128 valence electrons. The van der Waals surface area contributed by atoms with Crippen molar-refractivity contribution in [3.8, 4) is 5.75 Å². The van der Waals surface area contributed by atoms with Crippen LogP contribution in [0.5, 0.6) is 5.75 Å². The molecule has 0 bridgehead atoms. The summed E-state index contributed by atoms with van der Waals surface area (Å²) < 4.78 is 18.9. The second kappa shape index (κ2) is 7.06. The van der Waals surface area contributed by atoms with Crippen LogP contribution in [0.15, 0.2) is 52.6 Å². The highest BCUT2D eigenvalue weighted by Crippen LogP contribution is 2.27. The number of carbonyl (C=O) groups is 2. The fourth-order valence-corrected chi connectivity index (χ4v) is 2.99. The molecule has 1 fully saturated rings. The molecule has 0 saturated carbocycles. The van der Waals surface area contributed by atoms with E-state index in [1.54, 1.807) is 31.4 Å². The van der Waals surface area contributed by atoms with Crippen LogP contribution < -0.4 is 10.1 Å². The summed E-state index contributed by atoms with van der Waals surface area (Å²) in [5.41, 5.74) is 1.59. The van der Waals surface area contributed by atoms with E-state index >= 15 is 0 Å². The van der Waals surface area contributed by atoms with Crippen LogP contribution in [0.2, 0.25) is 0 Å². The Morgan fingerprint density at radius 2 is 1.92 bits per heavy atom. The number of benzene rings is 2. The molecule has 0 radical (unpaired) electrons. The summed E-state index contributed by atoms with van der Waals surface area (Å²) in [5.74, 6) is -0.130. The number of hydrogen-bond acceptors (Lipinski definition) is 3. The number of nitrogens with one attached hydrogen (secondary N) is 1.